The van der Waals surface area contributed by atoms with E-state index in [1.54, 1.807) is 6.92 Å². The van der Waals surface area contributed by atoms with E-state index in [0.717, 1.165) is 0 Å². The van der Waals surface area contributed by atoms with Gasteiger partial charge in [0.05, 0.1) is 6.61 Å². The van der Waals surface area contributed by atoms with Crippen molar-refractivity contribution in [2.75, 3.05) is 13.2 Å². The molecule has 2 aliphatic heterocycles. The Morgan fingerprint density at radius 1 is 1.19 bits per heavy atom. The maximum atomic E-state index is 11.5. The van der Waals surface area contributed by atoms with Gasteiger partial charge in [-0.15, -0.1) is 0 Å². The highest BCUT2D eigenvalue weighted by Gasteiger charge is 2.50. The van der Waals surface area contributed by atoms with E-state index < -0.39 is 23.6 Å². The molecule has 6 heteroatoms. The van der Waals surface area contributed by atoms with Gasteiger partial charge in [-0.1, -0.05) is 6.58 Å². The average molecular weight is 300 g/mol. The molecule has 2 heterocycles. The van der Waals surface area contributed by atoms with Crippen LogP contribution >= 0.6 is 0 Å². The Labute approximate surface area is 125 Å². The first-order valence-corrected chi connectivity index (χ1v) is 7.10. The van der Waals surface area contributed by atoms with E-state index in [4.69, 9.17) is 23.7 Å². The SMILES string of the molecule is C=C(C)C(=O)OC[C@H]1OC(C)(C)O[C@@H]1[C@@H]1COC(C)(C)O1. The van der Waals surface area contributed by atoms with E-state index >= 15 is 0 Å². The second kappa shape index (κ2) is 5.68. The Bertz CT molecular complexity index is 428. The van der Waals surface area contributed by atoms with Gasteiger partial charge in [-0.3, -0.25) is 0 Å². The van der Waals surface area contributed by atoms with Crippen LogP contribution in [-0.2, 0) is 28.5 Å². The molecule has 6 nitrogen and oxygen atoms in total. The molecule has 3 atom stereocenters. The van der Waals surface area contributed by atoms with E-state index in [-0.39, 0.29) is 18.8 Å². The van der Waals surface area contributed by atoms with E-state index in [1.165, 1.54) is 0 Å². The van der Waals surface area contributed by atoms with Crippen LogP contribution in [0, 0.1) is 0 Å². The van der Waals surface area contributed by atoms with Crippen molar-refractivity contribution >= 4 is 5.97 Å². The normalized spacial score (nSPS) is 33.9. The summed E-state index contributed by atoms with van der Waals surface area (Å²) in [5.41, 5.74) is 0.353. The molecule has 0 aliphatic carbocycles. The third kappa shape index (κ3) is 4.03. The molecule has 0 amide bonds. The van der Waals surface area contributed by atoms with Crippen LogP contribution in [-0.4, -0.2) is 49.1 Å². The highest BCUT2D eigenvalue weighted by atomic mass is 16.8. The molecule has 120 valence electrons. The molecule has 2 saturated heterocycles. The number of carbonyl (C=O) groups is 1. The van der Waals surface area contributed by atoms with Crippen molar-refractivity contribution in [3.8, 4) is 0 Å². The third-order valence-electron chi connectivity index (χ3n) is 3.35. The third-order valence-corrected chi connectivity index (χ3v) is 3.35. The lowest BCUT2D eigenvalue weighted by atomic mass is 10.1. The fourth-order valence-corrected chi connectivity index (χ4v) is 2.47. The van der Waals surface area contributed by atoms with Crippen molar-refractivity contribution in [2.24, 2.45) is 0 Å². The Kier molecular flexibility index (Phi) is 4.44. The van der Waals surface area contributed by atoms with Crippen molar-refractivity contribution in [1.29, 1.82) is 0 Å². The fourth-order valence-electron chi connectivity index (χ4n) is 2.47. The van der Waals surface area contributed by atoms with E-state index in [1.807, 2.05) is 27.7 Å². The number of carbonyl (C=O) groups excluding carboxylic acids is 1. The second-order valence-electron chi connectivity index (χ2n) is 6.38. The van der Waals surface area contributed by atoms with Crippen LogP contribution in [0.5, 0.6) is 0 Å². The van der Waals surface area contributed by atoms with Gasteiger partial charge in [0, 0.05) is 5.57 Å². The molecule has 2 fully saturated rings. The maximum absolute atomic E-state index is 11.5. The number of esters is 1. The van der Waals surface area contributed by atoms with E-state index in [9.17, 15) is 4.79 Å². The first kappa shape index (κ1) is 16.4. The van der Waals surface area contributed by atoms with Crippen molar-refractivity contribution in [3.63, 3.8) is 0 Å². The molecular formula is C15H24O6. The van der Waals surface area contributed by atoms with Crippen molar-refractivity contribution < 1.29 is 28.5 Å². The van der Waals surface area contributed by atoms with Crippen LogP contribution in [0.3, 0.4) is 0 Å². The molecule has 21 heavy (non-hydrogen) atoms. The van der Waals surface area contributed by atoms with Crippen LogP contribution in [0.4, 0.5) is 0 Å². The molecule has 2 rings (SSSR count). The summed E-state index contributed by atoms with van der Waals surface area (Å²) >= 11 is 0. The van der Waals surface area contributed by atoms with Gasteiger partial charge in [0.2, 0.25) is 0 Å². The second-order valence-corrected chi connectivity index (χ2v) is 6.38. The van der Waals surface area contributed by atoms with Crippen LogP contribution in [0.2, 0.25) is 0 Å². The zero-order valence-electron chi connectivity index (χ0n) is 13.3. The van der Waals surface area contributed by atoms with Crippen molar-refractivity contribution in [1.82, 2.24) is 0 Å². The predicted molar refractivity (Wildman–Crippen MR) is 74.5 cm³/mol. The van der Waals surface area contributed by atoms with Gasteiger partial charge in [-0.25, -0.2) is 4.79 Å². The summed E-state index contributed by atoms with van der Waals surface area (Å²) in [7, 11) is 0. The molecule has 0 aromatic heterocycles. The summed E-state index contributed by atoms with van der Waals surface area (Å²) in [6.07, 6.45) is -0.999. The molecular weight excluding hydrogens is 276 g/mol. The number of hydrogen-bond acceptors (Lipinski definition) is 6. The van der Waals surface area contributed by atoms with Gasteiger partial charge in [0.25, 0.3) is 0 Å². The van der Waals surface area contributed by atoms with Crippen LogP contribution < -0.4 is 0 Å². The first-order chi connectivity index (χ1) is 9.60. The minimum absolute atomic E-state index is 0.0973. The zero-order chi connectivity index (χ0) is 15.8. The number of hydrogen-bond donors (Lipinski definition) is 0. The zero-order valence-corrected chi connectivity index (χ0v) is 13.3. The largest absolute Gasteiger partial charge is 0.459 e. The summed E-state index contributed by atoms with van der Waals surface area (Å²) in [5, 5.41) is 0. The van der Waals surface area contributed by atoms with Gasteiger partial charge in [-0.2, -0.15) is 0 Å². The molecule has 2 aliphatic rings. The molecule has 0 unspecified atom stereocenters. The Balaban J connectivity index is 2.00. The molecule has 0 saturated carbocycles. The Morgan fingerprint density at radius 3 is 2.38 bits per heavy atom. The Morgan fingerprint density at radius 2 is 1.86 bits per heavy atom. The van der Waals surface area contributed by atoms with Gasteiger partial charge < -0.3 is 23.7 Å². The number of ether oxygens (including phenoxy) is 5. The van der Waals surface area contributed by atoms with Gasteiger partial charge in [0.1, 0.15) is 24.9 Å². The topological polar surface area (TPSA) is 63.2 Å². The molecule has 0 aromatic carbocycles. The van der Waals surface area contributed by atoms with Crippen LogP contribution in [0.1, 0.15) is 34.6 Å². The molecule has 0 radical (unpaired) electrons. The predicted octanol–water partition coefficient (Wildman–Crippen LogP) is 1.78. The minimum atomic E-state index is -0.749. The lowest BCUT2D eigenvalue weighted by molar-refractivity contribution is -0.175. The van der Waals surface area contributed by atoms with E-state index in [0.29, 0.717) is 12.2 Å². The monoisotopic (exact) mass is 300 g/mol. The van der Waals surface area contributed by atoms with Gasteiger partial charge in [0.15, 0.2) is 11.6 Å². The minimum Gasteiger partial charge on any atom is -0.459 e. The first-order valence-electron chi connectivity index (χ1n) is 7.10. The molecule has 0 bridgehead atoms. The summed E-state index contributed by atoms with van der Waals surface area (Å²) in [6, 6.07) is 0. The van der Waals surface area contributed by atoms with Crippen LogP contribution in [0.15, 0.2) is 12.2 Å². The summed E-state index contributed by atoms with van der Waals surface area (Å²) in [6.45, 7) is 13.0. The highest BCUT2D eigenvalue weighted by molar-refractivity contribution is 5.86. The molecule has 0 N–H and O–H groups in total. The molecule has 0 spiro atoms. The summed E-state index contributed by atoms with van der Waals surface area (Å²) in [4.78, 5) is 11.5. The fraction of sp³-hybridized carbons (Fsp3) is 0.800. The van der Waals surface area contributed by atoms with E-state index in [2.05, 4.69) is 6.58 Å². The number of rotatable bonds is 4. The highest BCUT2D eigenvalue weighted by Crippen LogP contribution is 2.35. The maximum Gasteiger partial charge on any atom is 0.333 e. The smallest absolute Gasteiger partial charge is 0.333 e. The van der Waals surface area contributed by atoms with Crippen LogP contribution in [0.25, 0.3) is 0 Å². The quantitative estimate of drug-likeness (QED) is 0.582. The summed E-state index contributed by atoms with van der Waals surface area (Å²) < 4.78 is 28.3. The molecule has 0 aromatic rings. The standard InChI is InChI=1S/C15H24O6/c1-9(2)13(16)17-7-10-12(21-15(5,6)20-10)11-8-18-14(3,4)19-11/h10-12H,1,7-8H2,2-6H3/t10-,11+,12+/m1/s1. The summed E-state index contributed by atoms with van der Waals surface area (Å²) in [5.74, 6) is -1.83. The lowest BCUT2D eigenvalue weighted by Gasteiger charge is -2.23. The van der Waals surface area contributed by atoms with Gasteiger partial charge in [-0.05, 0) is 34.6 Å². The lowest BCUT2D eigenvalue weighted by Crippen LogP contribution is -2.40. The van der Waals surface area contributed by atoms with Gasteiger partial charge >= 0.3 is 5.97 Å². The van der Waals surface area contributed by atoms with Crippen molar-refractivity contribution in [3.05, 3.63) is 12.2 Å². The van der Waals surface area contributed by atoms with Crippen molar-refractivity contribution in [2.45, 2.75) is 64.5 Å². The Hall–Kier alpha value is -0.950. The average Bonchev–Trinajstić information content (AvgIpc) is 2.85.